The molecule has 1 aliphatic heterocycles. The zero-order valence-electron chi connectivity index (χ0n) is 15.1. The van der Waals surface area contributed by atoms with Crippen molar-refractivity contribution in [2.75, 3.05) is 11.5 Å². The van der Waals surface area contributed by atoms with Crippen LogP contribution in [0.25, 0.3) is 6.08 Å². The van der Waals surface area contributed by atoms with Crippen molar-refractivity contribution in [3.05, 3.63) is 71.3 Å². The standard InChI is InChI=1S/C21H18F3NO3/c1-14-12-16-4-2-3-5-18(16)25(14)19(26)13-28-20(27)11-8-15-6-9-17(10-7-15)21(22,23)24/h2-11,14H,12-13H2,1H3/b11-8+/t14-/m1/s1. The Morgan fingerprint density at radius 2 is 1.82 bits per heavy atom. The minimum atomic E-state index is -4.41. The number of carbonyl (C=O) groups is 2. The summed E-state index contributed by atoms with van der Waals surface area (Å²) in [5.41, 5.74) is 1.53. The molecule has 4 nitrogen and oxygen atoms in total. The van der Waals surface area contributed by atoms with E-state index in [0.717, 1.165) is 35.9 Å². The normalized spacial score (nSPS) is 16.3. The molecule has 0 unspecified atom stereocenters. The summed E-state index contributed by atoms with van der Waals surface area (Å²) < 4.78 is 42.6. The molecule has 1 atom stereocenters. The van der Waals surface area contributed by atoms with Crippen LogP contribution in [0.3, 0.4) is 0 Å². The molecule has 0 bridgehead atoms. The van der Waals surface area contributed by atoms with Gasteiger partial charge in [-0.1, -0.05) is 30.3 Å². The van der Waals surface area contributed by atoms with Crippen LogP contribution in [0.15, 0.2) is 54.6 Å². The Morgan fingerprint density at radius 1 is 1.14 bits per heavy atom. The van der Waals surface area contributed by atoms with Crippen molar-refractivity contribution >= 4 is 23.6 Å². The number of para-hydroxylation sites is 1. The summed E-state index contributed by atoms with van der Waals surface area (Å²) in [6, 6.07) is 11.9. The van der Waals surface area contributed by atoms with Gasteiger partial charge in [-0.3, -0.25) is 4.79 Å². The average Bonchev–Trinajstić information content (AvgIpc) is 3.00. The topological polar surface area (TPSA) is 46.6 Å². The molecule has 0 radical (unpaired) electrons. The molecular formula is C21H18F3NO3. The van der Waals surface area contributed by atoms with E-state index in [-0.39, 0.29) is 11.9 Å². The van der Waals surface area contributed by atoms with Gasteiger partial charge in [-0.05, 0) is 48.7 Å². The summed E-state index contributed by atoms with van der Waals surface area (Å²) in [6.45, 7) is 1.51. The molecule has 7 heteroatoms. The van der Waals surface area contributed by atoms with E-state index >= 15 is 0 Å². The van der Waals surface area contributed by atoms with Crippen LogP contribution in [0.5, 0.6) is 0 Å². The van der Waals surface area contributed by atoms with Gasteiger partial charge in [0.05, 0.1) is 5.56 Å². The molecule has 0 aliphatic carbocycles. The molecule has 2 aromatic rings. The number of carbonyl (C=O) groups excluding carboxylic acids is 2. The second-order valence-corrected chi connectivity index (χ2v) is 6.51. The van der Waals surface area contributed by atoms with Crippen molar-refractivity contribution < 1.29 is 27.5 Å². The molecule has 0 saturated carbocycles. The predicted molar refractivity (Wildman–Crippen MR) is 98.5 cm³/mol. The third-order valence-electron chi connectivity index (χ3n) is 4.46. The smallest absolute Gasteiger partial charge is 0.416 e. The Bertz CT molecular complexity index is 904. The van der Waals surface area contributed by atoms with Gasteiger partial charge >= 0.3 is 12.1 Å². The highest BCUT2D eigenvalue weighted by Crippen LogP contribution is 2.32. The van der Waals surface area contributed by atoms with Gasteiger partial charge in [0.15, 0.2) is 6.61 Å². The van der Waals surface area contributed by atoms with Gasteiger partial charge in [-0.2, -0.15) is 13.2 Å². The number of hydrogen-bond donors (Lipinski definition) is 0. The number of amides is 1. The van der Waals surface area contributed by atoms with E-state index in [1.54, 1.807) is 4.90 Å². The van der Waals surface area contributed by atoms with Gasteiger partial charge in [-0.25, -0.2) is 4.79 Å². The summed E-state index contributed by atoms with van der Waals surface area (Å²) in [6.07, 6.45) is -1.26. The SMILES string of the molecule is C[C@@H]1Cc2ccccc2N1C(=O)COC(=O)/C=C/c1ccc(C(F)(F)F)cc1. The Hall–Kier alpha value is -3.09. The van der Waals surface area contributed by atoms with E-state index in [2.05, 4.69) is 0 Å². The minimum absolute atomic E-state index is 0.0220. The van der Waals surface area contributed by atoms with Gasteiger partial charge in [-0.15, -0.1) is 0 Å². The first kappa shape index (κ1) is 19.7. The van der Waals surface area contributed by atoms with Crippen molar-refractivity contribution in [1.29, 1.82) is 0 Å². The molecule has 0 N–H and O–H groups in total. The predicted octanol–water partition coefficient (Wildman–Crippen LogP) is 4.24. The second kappa shape index (κ2) is 7.88. The molecule has 1 amide bonds. The maximum atomic E-state index is 12.5. The Kier molecular flexibility index (Phi) is 5.53. The molecule has 28 heavy (non-hydrogen) atoms. The average molecular weight is 389 g/mol. The summed E-state index contributed by atoms with van der Waals surface area (Å²) in [5.74, 6) is -1.07. The highest BCUT2D eigenvalue weighted by molar-refractivity contribution is 5.98. The van der Waals surface area contributed by atoms with Crippen LogP contribution in [-0.2, 0) is 26.9 Å². The highest BCUT2D eigenvalue weighted by atomic mass is 19.4. The number of esters is 1. The molecule has 0 spiro atoms. The number of hydrogen-bond acceptors (Lipinski definition) is 3. The number of anilines is 1. The summed E-state index contributed by atoms with van der Waals surface area (Å²) in [4.78, 5) is 25.9. The van der Waals surface area contributed by atoms with Crippen molar-refractivity contribution in [2.45, 2.75) is 25.6 Å². The van der Waals surface area contributed by atoms with Gasteiger partial charge in [0.2, 0.25) is 0 Å². The molecule has 0 saturated heterocycles. The van der Waals surface area contributed by atoms with Crippen LogP contribution in [-0.4, -0.2) is 24.5 Å². The van der Waals surface area contributed by atoms with Crippen molar-refractivity contribution in [3.8, 4) is 0 Å². The highest BCUT2D eigenvalue weighted by Gasteiger charge is 2.31. The lowest BCUT2D eigenvalue weighted by molar-refractivity contribution is -0.143. The largest absolute Gasteiger partial charge is 0.452 e. The first-order chi connectivity index (χ1) is 13.3. The quantitative estimate of drug-likeness (QED) is 0.581. The maximum Gasteiger partial charge on any atom is 0.416 e. The van der Waals surface area contributed by atoms with Gasteiger partial charge in [0.1, 0.15) is 0 Å². The van der Waals surface area contributed by atoms with Crippen LogP contribution in [0.1, 0.15) is 23.6 Å². The van der Waals surface area contributed by atoms with Crippen LogP contribution in [0, 0.1) is 0 Å². The van der Waals surface area contributed by atoms with Crippen molar-refractivity contribution in [1.82, 2.24) is 0 Å². The summed E-state index contributed by atoms with van der Waals surface area (Å²) in [7, 11) is 0. The van der Waals surface area contributed by atoms with E-state index in [4.69, 9.17) is 4.74 Å². The lowest BCUT2D eigenvalue weighted by Crippen LogP contribution is -2.38. The summed E-state index contributed by atoms with van der Waals surface area (Å²) >= 11 is 0. The number of ether oxygens (including phenoxy) is 1. The zero-order valence-corrected chi connectivity index (χ0v) is 15.1. The lowest BCUT2D eigenvalue weighted by Gasteiger charge is -2.22. The molecule has 2 aromatic carbocycles. The number of fused-ring (bicyclic) bond motifs is 1. The number of nitrogens with zero attached hydrogens (tertiary/aromatic N) is 1. The van der Waals surface area contributed by atoms with Crippen LogP contribution in [0.4, 0.5) is 18.9 Å². The first-order valence-corrected chi connectivity index (χ1v) is 8.68. The monoisotopic (exact) mass is 389 g/mol. The lowest BCUT2D eigenvalue weighted by atomic mass is 10.1. The molecule has 1 aliphatic rings. The fourth-order valence-electron chi connectivity index (χ4n) is 3.14. The minimum Gasteiger partial charge on any atom is -0.452 e. The third-order valence-corrected chi connectivity index (χ3v) is 4.46. The second-order valence-electron chi connectivity index (χ2n) is 6.51. The van der Waals surface area contributed by atoms with Crippen molar-refractivity contribution in [3.63, 3.8) is 0 Å². The summed E-state index contributed by atoms with van der Waals surface area (Å²) in [5, 5.41) is 0. The van der Waals surface area contributed by atoms with E-state index in [0.29, 0.717) is 5.56 Å². The molecule has 146 valence electrons. The van der Waals surface area contributed by atoms with Crippen molar-refractivity contribution in [2.24, 2.45) is 0 Å². The Labute approximate surface area is 160 Å². The number of halogens is 3. The Balaban J connectivity index is 1.56. The van der Waals surface area contributed by atoms with Crippen LogP contribution < -0.4 is 4.90 Å². The van der Waals surface area contributed by atoms with Crippen LogP contribution in [0.2, 0.25) is 0 Å². The molecular weight excluding hydrogens is 371 g/mol. The number of alkyl halides is 3. The van der Waals surface area contributed by atoms with E-state index in [9.17, 15) is 22.8 Å². The van der Waals surface area contributed by atoms with E-state index in [1.807, 2.05) is 31.2 Å². The maximum absolute atomic E-state index is 12.5. The van der Waals surface area contributed by atoms with Gasteiger partial charge in [0.25, 0.3) is 5.91 Å². The third kappa shape index (κ3) is 4.42. The number of rotatable bonds is 4. The fourth-order valence-corrected chi connectivity index (χ4v) is 3.14. The van der Waals surface area contributed by atoms with Gasteiger partial charge < -0.3 is 9.64 Å². The first-order valence-electron chi connectivity index (χ1n) is 8.68. The van der Waals surface area contributed by atoms with Crippen LogP contribution >= 0.6 is 0 Å². The number of benzene rings is 2. The zero-order chi connectivity index (χ0) is 20.3. The Morgan fingerprint density at radius 3 is 2.50 bits per heavy atom. The molecule has 3 rings (SSSR count). The van der Waals surface area contributed by atoms with E-state index < -0.39 is 24.3 Å². The molecule has 0 aromatic heterocycles. The van der Waals surface area contributed by atoms with Gasteiger partial charge in [0, 0.05) is 17.8 Å². The molecule has 1 heterocycles. The van der Waals surface area contributed by atoms with E-state index in [1.165, 1.54) is 18.2 Å². The fraction of sp³-hybridized carbons (Fsp3) is 0.238. The molecule has 0 fully saturated rings.